The van der Waals surface area contributed by atoms with Crippen molar-refractivity contribution in [2.24, 2.45) is 5.92 Å². The first-order chi connectivity index (χ1) is 6.61. The zero-order chi connectivity index (χ0) is 10.2. The molecule has 0 bridgehead atoms. The highest BCUT2D eigenvalue weighted by Gasteiger charge is 2.32. The van der Waals surface area contributed by atoms with Gasteiger partial charge in [0, 0.05) is 17.5 Å². The summed E-state index contributed by atoms with van der Waals surface area (Å²) in [5.74, 6) is 1.03. The molecule has 1 fully saturated rings. The van der Waals surface area contributed by atoms with Crippen molar-refractivity contribution < 1.29 is 8.42 Å². The zero-order valence-electron chi connectivity index (χ0n) is 8.44. The second kappa shape index (κ2) is 3.66. The second-order valence-corrected chi connectivity index (χ2v) is 6.21. The Labute approximate surface area is 85.5 Å². The van der Waals surface area contributed by atoms with Gasteiger partial charge in [-0.25, -0.2) is 8.42 Å². The monoisotopic (exact) mass is 215 g/mol. The SMILES string of the molecule is CCC(NC1C=CS(=O)(=O)C1)C1CC1. The van der Waals surface area contributed by atoms with Crippen LogP contribution >= 0.6 is 0 Å². The highest BCUT2D eigenvalue weighted by Crippen LogP contribution is 2.34. The Morgan fingerprint density at radius 3 is 2.64 bits per heavy atom. The van der Waals surface area contributed by atoms with Crippen LogP contribution in [0.15, 0.2) is 11.5 Å². The molecule has 2 aliphatic rings. The van der Waals surface area contributed by atoms with Crippen molar-refractivity contribution in [3.8, 4) is 0 Å². The van der Waals surface area contributed by atoms with Crippen LogP contribution in [0.2, 0.25) is 0 Å². The molecule has 3 nitrogen and oxygen atoms in total. The van der Waals surface area contributed by atoms with Crippen LogP contribution in [0.1, 0.15) is 26.2 Å². The molecule has 1 heterocycles. The van der Waals surface area contributed by atoms with Gasteiger partial charge in [-0.1, -0.05) is 13.0 Å². The quantitative estimate of drug-likeness (QED) is 0.763. The lowest BCUT2D eigenvalue weighted by atomic mass is 10.1. The first-order valence-corrected chi connectivity index (χ1v) is 6.99. The molecule has 1 saturated carbocycles. The van der Waals surface area contributed by atoms with Gasteiger partial charge in [0.05, 0.1) is 5.75 Å². The van der Waals surface area contributed by atoms with Gasteiger partial charge in [-0.15, -0.1) is 0 Å². The maximum absolute atomic E-state index is 11.2. The van der Waals surface area contributed by atoms with Gasteiger partial charge >= 0.3 is 0 Å². The van der Waals surface area contributed by atoms with E-state index in [4.69, 9.17) is 0 Å². The lowest BCUT2D eigenvalue weighted by molar-refractivity contribution is 0.431. The molecule has 2 unspecified atom stereocenters. The first-order valence-electron chi connectivity index (χ1n) is 5.28. The topological polar surface area (TPSA) is 46.2 Å². The van der Waals surface area contributed by atoms with Crippen LogP contribution in [0, 0.1) is 5.92 Å². The van der Waals surface area contributed by atoms with E-state index in [0.29, 0.717) is 6.04 Å². The maximum Gasteiger partial charge on any atom is 0.173 e. The highest BCUT2D eigenvalue weighted by molar-refractivity contribution is 7.94. The molecule has 0 amide bonds. The second-order valence-electron chi connectivity index (χ2n) is 4.28. The minimum absolute atomic E-state index is 0.0468. The summed E-state index contributed by atoms with van der Waals surface area (Å²) < 4.78 is 22.3. The predicted octanol–water partition coefficient (Wildman–Crippen LogP) is 1.08. The van der Waals surface area contributed by atoms with E-state index in [-0.39, 0.29) is 11.8 Å². The van der Waals surface area contributed by atoms with Crippen LogP contribution in [0.5, 0.6) is 0 Å². The molecule has 4 heteroatoms. The van der Waals surface area contributed by atoms with E-state index in [2.05, 4.69) is 12.2 Å². The van der Waals surface area contributed by atoms with Crippen molar-refractivity contribution in [3.63, 3.8) is 0 Å². The van der Waals surface area contributed by atoms with Crippen molar-refractivity contribution in [2.45, 2.75) is 38.3 Å². The van der Waals surface area contributed by atoms with Crippen molar-refractivity contribution in [1.29, 1.82) is 0 Å². The number of nitrogens with one attached hydrogen (secondary N) is 1. The third kappa shape index (κ3) is 2.36. The van der Waals surface area contributed by atoms with Crippen LogP contribution in [0.25, 0.3) is 0 Å². The van der Waals surface area contributed by atoms with Crippen LogP contribution < -0.4 is 5.32 Å². The summed E-state index contributed by atoms with van der Waals surface area (Å²) in [5, 5.41) is 4.75. The molecule has 0 aromatic rings. The van der Waals surface area contributed by atoms with Crippen molar-refractivity contribution in [2.75, 3.05) is 5.75 Å². The summed E-state index contributed by atoms with van der Waals surface area (Å²) in [5.41, 5.74) is 0. The standard InChI is InChI=1S/C10H17NO2S/c1-2-10(8-3-4-8)11-9-5-6-14(12,13)7-9/h5-6,8-11H,2-4,7H2,1H3. The smallest absolute Gasteiger partial charge is 0.173 e. The fourth-order valence-corrected chi connectivity index (χ4v) is 3.29. The largest absolute Gasteiger partial charge is 0.306 e. The summed E-state index contributed by atoms with van der Waals surface area (Å²) in [6.45, 7) is 2.16. The summed E-state index contributed by atoms with van der Waals surface area (Å²) in [6.07, 6.45) is 5.47. The predicted molar refractivity (Wildman–Crippen MR) is 56.7 cm³/mol. The molecule has 0 aromatic heterocycles. The van der Waals surface area contributed by atoms with Crippen LogP contribution in [0.4, 0.5) is 0 Å². The van der Waals surface area contributed by atoms with E-state index in [9.17, 15) is 8.42 Å². The molecule has 2 atom stereocenters. The van der Waals surface area contributed by atoms with E-state index < -0.39 is 9.84 Å². The van der Waals surface area contributed by atoms with Gasteiger partial charge in [0.25, 0.3) is 0 Å². The maximum atomic E-state index is 11.2. The van der Waals surface area contributed by atoms with Gasteiger partial charge in [0.2, 0.25) is 0 Å². The minimum Gasteiger partial charge on any atom is -0.306 e. The highest BCUT2D eigenvalue weighted by atomic mass is 32.2. The van der Waals surface area contributed by atoms with Crippen molar-refractivity contribution >= 4 is 9.84 Å². The summed E-state index contributed by atoms with van der Waals surface area (Å²) in [6, 6.07) is 0.559. The lowest BCUT2D eigenvalue weighted by Gasteiger charge is -2.19. The molecule has 1 N–H and O–H groups in total. The minimum atomic E-state index is -2.90. The zero-order valence-corrected chi connectivity index (χ0v) is 9.26. The van der Waals surface area contributed by atoms with Crippen molar-refractivity contribution in [3.05, 3.63) is 11.5 Å². The molecule has 1 aliphatic carbocycles. The molecule has 80 valence electrons. The van der Waals surface area contributed by atoms with E-state index in [0.717, 1.165) is 12.3 Å². The van der Waals surface area contributed by atoms with Gasteiger partial charge in [0.15, 0.2) is 9.84 Å². The molecular weight excluding hydrogens is 198 g/mol. The fraction of sp³-hybridized carbons (Fsp3) is 0.800. The molecule has 0 saturated heterocycles. The van der Waals surface area contributed by atoms with Crippen LogP contribution in [-0.4, -0.2) is 26.3 Å². The Morgan fingerprint density at radius 2 is 2.21 bits per heavy atom. The number of rotatable bonds is 4. The van der Waals surface area contributed by atoms with Gasteiger partial charge in [-0.2, -0.15) is 0 Å². The molecular formula is C10H17NO2S. The summed E-state index contributed by atoms with van der Waals surface area (Å²) in [4.78, 5) is 0. The Balaban J connectivity index is 1.89. The van der Waals surface area contributed by atoms with Crippen LogP contribution in [0.3, 0.4) is 0 Å². The summed E-state index contributed by atoms with van der Waals surface area (Å²) in [7, 11) is -2.90. The lowest BCUT2D eigenvalue weighted by Crippen LogP contribution is -2.39. The van der Waals surface area contributed by atoms with Gasteiger partial charge in [-0.3, -0.25) is 0 Å². The van der Waals surface area contributed by atoms with Gasteiger partial charge in [-0.05, 0) is 25.2 Å². The summed E-state index contributed by atoms with van der Waals surface area (Å²) >= 11 is 0. The van der Waals surface area contributed by atoms with E-state index in [1.54, 1.807) is 6.08 Å². The normalized spacial score (nSPS) is 31.9. The Kier molecular flexibility index (Phi) is 2.66. The molecule has 0 aromatic carbocycles. The average molecular weight is 215 g/mol. The Hall–Kier alpha value is -0.350. The number of hydrogen-bond donors (Lipinski definition) is 1. The van der Waals surface area contributed by atoms with Gasteiger partial charge < -0.3 is 5.32 Å². The van der Waals surface area contributed by atoms with Gasteiger partial charge in [0.1, 0.15) is 0 Å². The fourth-order valence-electron chi connectivity index (χ4n) is 2.04. The molecule has 2 rings (SSSR count). The van der Waals surface area contributed by atoms with Crippen LogP contribution in [-0.2, 0) is 9.84 Å². The molecule has 14 heavy (non-hydrogen) atoms. The number of hydrogen-bond acceptors (Lipinski definition) is 3. The third-order valence-electron chi connectivity index (χ3n) is 2.99. The van der Waals surface area contributed by atoms with E-state index in [1.807, 2.05) is 0 Å². The molecule has 1 aliphatic heterocycles. The molecule has 0 spiro atoms. The van der Waals surface area contributed by atoms with E-state index >= 15 is 0 Å². The Morgan fingerprint density at radius 1 is 1.50 bits per heavy atom. The molecule has 0 radical (unpaired) electrons. The first kappa shape index (κ1) is 10.2. The third-order valence-corrected chi connectivity index (χ3v) is 4.38. The van der Waals surface area contributed by atoms with E-state index in [1.165, 1.54) is 18.2 Å². The number of sulfone groups is 1. The van der Waals surface area contributed by atoms with Crippen molar-refractivity contribution in [1.82, 2.24) is 5.32 Å². The average Bonchev–Trinajstić information content (AvgIpc) is 2.88. The Bertz CT molecular complexity index is 330.